The van der Waals surface area contributed by atoms with Crippen molar-refractivity contribution in [2.75, 3.05) is 13.6 Å². The van der Waals surface area contributed by atoms with Gasteiger partial charge in [-0.15, -0.1) is 24.0 Å². The van der Waals surface area contributed by atoms with Crippen molar-refractivity contribution in [2.24, 2.45) is 10.9 Å². The minimum absolute atomic E-state index is 0. The molecular weight excluding hydrogens is 413 g/mol. The number of hydrogen-bond acceptors (Lipinski definition) is 2. The van der Waals surface area contributed by atoms with Crippen molar-refractivity contribution in [2.45, 2.75) is 71.4 Å². The smallest absolute Gasteiger partial charge is 0.191 e. The first kappa shape index (κ1) is 21.3. The fraction of sp³-hybridized carbons (Fsp3) is 0.778. The number of nitrogens with one attached hydrogen (secondary N) is 2. The van der Waals surface area contributed by atoms with Gasteiger partial charge in [0.25, 0.3) is 0 Å². The fourth-order valence-electron chi connectivity index (χ4n) is 3.43. The molecule has 0 spiro atoms. The van der Waals surface area contributed by atoms with Gasteiger partial charge in [-0.3, -0.25) is 4.99 Å². The van der Waals surface area contributed by atoms with Crippen LogP contribution in [0.3, 0.4) is 0 Å². The lowest BCUT2D eigenvalue weighted by Crippen LogP contribution is -2.45. The molecule has 2 N–H and O–H groups in total. The van der Waals surface area contributed by atoms with E-state index in [1.54, 1.807) is 0 Å². The SMILES string of the molecule is CCC1CCCC(NC(=NC)NCCCCn2ccnc2C)C1.I. The van der Waals surface area contributed by atoms with Crippen molar-refractivity contribution in [1.82, 2.24) is 20.2 Å². The molecule has 1 heterocycles. The van der Waals surface area contributed by atoms with E-state index >= 15 is 0 Å². The number of hydrogen-bond donors (Lipinski definition) is 2. The van der Waals surface area contributed by atoms with E-state index in [0.717, 1.165) is 43.6 Å². The minimum atomic E-state index is 0. The molecule has 0 radical (unpaired) electrons. The quantitative estimate of drug-likeness (QED) is 0.290. The van der Waals surface area contributed by atoms with E-state index < -0.39 is 0 Å². The van der Waals surface area contributed by atoms with E-state index in [1.807, 2.05) is 13.2 Å². The van der Waals surface area contributed by atoms with Crippen LogP contribution in [-0.2, 0) is 6.54 Å². The van der Waals surface area contributed by atoms with Gasteiger partial charge in [-0.2, -0.15) is 0 Å². The standard InChI is InChI=1S/C18H33N5.HI/c1-4-16-8-7-9-17(14-16)22-18(19-3)21-10-5-6-12-23-13-11-20-15(23)2;/h11,13,16-17H,4-10,12,14H2,1-3H3,(H2,19,21,22);1H. The Morgan fingerprint density at radius 3 is 2.88 bits per heavy atom. The molecule has 1 aromatic heterocycles. The molecule has 1 saturated carbocycles. The highest BCUT2D eigenvalue weighted by Crippen LogP contribution is 2.26. The molecule has 1 aliphatic rings. The Bertz CT molecular complexity index is 486. The van der Waals surface area contributed by atoms with Crippen LogP contribution in [0.1, 0.15) is 57.7 Å². The molecule has 0 saturated heterocycles. The molecule has 0 aliphatic heterocycles. The fourth-order valence-corrected chi connectivity index (χ4v) is 3.43. The van der Waals surface area contributed by atoms with Gasteiger partial charge in [-0.1, -0.05) is 26.2 Å². The van der Waals surface area contributed by atoms with Crippen LogP contribution in [0.4, 0.5) is 0 Å². The average Bonchev–Trinajstić information content (AvgIpc) is 2.98. The Balaban J connectivity index is 0.00000288. The van der Waals surface area contributed by atoms with Crippen LogP contribution in [0, 0.1) is 12.8 Å². The maximum Gasteiger partial charge on any atom is 0.191 e. The van der Waals surface area contributed by atoms with Gasteiger partial charge in [0.05, 0.1) is 0 Å². The van der Waals surface area contributed by atoms with Gasteiger partial charge in [0.1, 0.15) is 5.82 Å². The molecule has 24 heavy (non-hydrogen) atoms. The zero-order valence-corrected chi connectivity index (χ0v) is 17.8. The van der Waals surface area contributed by atoms with Crippen LogP contribution in [-0.4, -0.2) is 35.1 Å². The Labute approximate surface area is 164 Å². The number of aromatic nitrogens is 2. The molecule has 0 aromatic carbocycles. The lowest BCUT2D eigenvalue weighted by molar-refractivity contribution is 0.298. The predicted octanol–water partition coefficient (Wildman–Crippen LogP) is 3.72. The number of aryl methyl sites for hydroxylation is 2. The molecular formula is C18H34IN5. The van der Waals surface area contributed by atoms with Crippen LogP contribution in [0.5, 0.6) is 0 Å². The van der Waals surface area contributed by atoms with Gasteiger partial charge in [-0.05, 0) is 38.5 Å². The number of rotatable bonds is 7. The lowest BCUT2D eigenvalue weighted by Gasteiger charge is -2.30. The Morgan fingerprint density at radius 1 is 1.38 bits per heavy atom. The number of guanidine groups is 1. The van der Waals surface area contributed by atoms with E-state index in [4.69, 9.17) is 0 Å². The third kappa shape index (κ3) is 6.99. The number of unbranched alkanes of at least 4 members (excludes halogenated alkanes) is 1. The molecule has 2 unspecified atom stereocenters. The Morgan fingerprint density at radius 2 is 2.21 bits per heavy atom. The third-order valence-corrected chi connectivity index (χ3v) is 4.97. The summed E-state index contributed by atoms with van der Waals surface area (Å²) in [7, 11) is 1.87. The van der Waals surface area contributed by atoms with Crippen molar-refractivity contribution in [1.29, 1.82) is 0 Å². The monoisotopic (exact) mass is 447 g/mol. The number of halogens is 1. The van der Waals surface area contributed by atoms with Crippen molar-refractivity contribution in [3.63, 3.8) is 0 Å². The Kier molecular flexibility index (Phi) is 10.4. The summed E-state index contributed by atoms with van der Waals surface area (Å²) >= 11 is 0. The molecule has 0 amide bonds. The highest BCUT2D eigenvalue weighted by atomic mass is 127. The zero-order chi connectivity index (χ0) is 16.5. The van der Waals surface area contributed by atoms with Crippen molar-refractivity contribution >= 4 is 29.9 Å². The largest absolute Gasteiger partial charge is 0.356 e. The molecule has 1 aliphatic carbocycles. The van der Waals surface area contributed by atoms with Crippen molar-refractivity contribution in [3.05, 3.63) is 18.2 Å². The summed E-state index contributed by atoms with van der Waals surface area (Å²) in [6.07, 6.45) is 12.8. The first-order valence-corrected chi connectivity index (χ1v) is 9.17. The Hall–Kier alpha value is -0.790. The van der Waals surface area contributed by atoms with Gasteiger partial charge >= 0.3 is 0 Å². The van der Waals surface area contributed by atoms with Crippen LogP contribution in [0.2, 0.25) is 0 Å². The second kappa shape index (κ2) is 11.7. The third-order valence-electron chi connectivity index (χ3n) is 4.97. The van der Waals surface area contributed by atoms with Crippen LogP contribution < -0.4 is 10.6 Å². The first-order chi connectivity index (χ1) is 11.2. The maximum absolute atomic E-state index is 4.37. The second-order valence-electron chi connectivity index (χ2n) is 6.66. The predicted molar refractivity (Wildman–Crippen MR) is 112 cm³/mol. The summed E-state index contributed by atoms with van der Waals surface area (Å²) < 4.78 is 2.21. The molecule has 1 aromatic rings. The molecule has 138 valence electrons. The molecule has 5 nitrogen and oxygen atoms in total. The van der Waals surface area contributed by atoms with Crippen LogP contribution in [0.15, 0.2) is 17.4 Å². The van der Waals surface area contributed by atoms with E-state index in [9.17, 15) is 0 Å². The summed E-state index contributed by atoms with van der Waals surface area (Å²) in [6, 6.07) is 0.591. The number of aliphatic imine (C=N–C) groups is 1. The van der Waals surface area contributed by atoms with Gasteiger partial charge in [-0.25, -0.2) is 4.98 Å². The van der Waals surface area contributed by atoms with Crippen molar-refractivity contribution < 1.29 is 0 Å². The topological polar surface area (TPSA) is 54.2 Å². The van der Waals surface area contributed by atoms with Crippen LogP contribution >= 0.6 is 24.0 Å². The van der Waals surface area contributed by atoms with Gasteiger partial charge < -0.3 is 15.2 Å². The number of imidazole rings is 1. The molecule has 2 atom stereocenters. The first-order valence-electron chi connectivity index (χ1n) is 9.17. The van der Waals surface area contributed by atoms with Gasteiger partial charge in [0.2, 0.25) is 0 Å². The van der Waals surface area contributed by atoms with E-state index in [0.29, 0.717) is 6.04 Å². The highest BCUT2D eigenvalue weighted by Gasteiger charge is 2.21. The second-order valence-corrected chi connectivity index (χ2v) is 6.66. The molecule has 6 heteroatoms. The summed E-state index contributed by atoms with van der Waals surface area (Å²) in [6.45, 7) is 6.37. The molecule has 0 bridgehead atoms. The molecule has 1 fully saturated rings. The zero-order valence-electron chi connectivity index (χ0n) is 15.4. The van der Waals surface area contributed by atoms with Gasteiger partial charge in [0.15, 0.2) is 5.96 Å². The number of nitrogens with zero attached hydrogens (tertiary/aromatic N) is 3. The van der Waals surface area contributed by atoms with Crippen molar-refractivity contribution in [3.8, 4) is 0 Å². The van der Waals surface area contributed by atoms with E-state index in [2.05, 4.69) is 45.2 Å². The summed E-state index contributed by atoms with van der Waals surface area (Å²) in [5.74, 6) is 2.95. The minimum Gasteiger partial charge on any atom is -0.356 e. The van der Waals surface area contributed by atoms with E-state index in [1.165, 1.54) is 32.1 Å². The average molecular weight is 447 g/mol. The molecule has 2 rings (SSSR count). The maximum atomic E-state index is 4.37. The van der Waals surface area contributed by atoms with E-state index in [-0.39, 0.29) is 24.0 Å². The highest BCUT2D eigenvalue weighted by molar-refractivity contribution is 14.0. The van der Waals surface area contributed by atoms with Gasteiger partial charge in [0, 0.05) is 38.6 Å². The lowest BCUT2D eigenvalue weighted by atomic mass is 9.84. The summed E-state index contributed by atoms with van der Waals surface area (Å²) in [5.41, 5.74) is 0. The van der Waals surface area contributed by atoms with Crippen LogP contribution in [0.25, 0.3) is 0 Å². The summed E-state index contributed by atoms with van der Waals surface area (Å²) in [5, 5.41) is 7.07. The summed E-state index contributed by atoms with van der Waals surface area (Å²) in [4.78, 5) is 8.63. The normalized spacial score (nSPS) is 21.2.